The van der Waals surface area contributed by atoms with Gasteiger partial charge in [0.05, 0.1) is 0 Å². The Balaban J connectivity index is 0.000000771. The summed E-state index contributed by atoms with van der Waals surface area (Å²) in [6.45, 7) is 4.30. The average molecular weight is 268 g/mol. The zero-order chi connectivity index (χ0) is 13.7. The maximum Gasteiger partial charge on any atom is 0.140 e. The first kappa shape index (κ1) is 15.2. The summed E-state index contributed by atoms with van der Waals surface area (Å²) < 4.78 is 0. The zero-order valence-corrected chi connectivity index (χ0v) is 12.1. The van der Waals surface area contributed by atoms with Crippen LogP contribution in [0.1, 0.15) is 38.2 Å². The van der Waals surface area contributed by atoms with E-state index in [1.54, 1.807) is 0 Å². The molecule has 0 aliphatic heterocycles. The molecule has 0 heterocycles. The Labute approximate surface area is 115 Å². The van der Waals surface area contributed by atoms with Crippen molar-refractivity contribution in [2.24, 2.45) is 17.6 Å². The molecule has 1 aromatic rings. The molecular weight excluding hydrogens is 246 g/mol. The number of ketones is 1. The van der Waals surface area contributed by atoms with Crippen LogP contribution in [0.4, 0.5) is 0 Å². The monoisotopic (exact) mass is 267 g/mol. The molecule has 1 aliphatic carbocycles. The van der Waals surface area contributed by atoms with Gasteiger partial charge < -0.3 is 5.73 Å². The minimum atomic E-state index is 0.00454. The number of Topliss-reactive ketones (excluding diaryl/α,β-unsaturated/α-hetero) is 1. The van der Waals surface area contributed by atoms with Crippen LogP contribution < -0.4 is 5.73 Å². The SMILES string of the molecule is CC1CC(=O)C(c2ccccc2Cl)C(C)C1.CN. The quantitative estimate of drug-likeness (QED) is 0.844. The van der Waals surface area contributed by atoms with Crippen LogP contribution in [-0.2, 0) is 4.79 Å². The van der Waals surface area contributed by atoms with Crippen molar-refractivity contribution in [1.82, 2.24) is 0 Å². The topological polar surface area (TPSA) is 43.1 Å². The van der Waals surface area contributed by atoms with Gasteiger partial charge >= 0.3 is 0 Å². The van der Waals surface area contributed by atoms with E-state index in [9.17, 15) is 4.79 Å². The van der Waals surface area contributed by atoms with Crippen molar-refractivity contribution in [3.8, 4) is 0 Å². The Morgan fingerprint density at radius 2 is 1.83 bits per heavy atom. The molecule has 1 saturated carbocycles. The van der Waals surface area contributed by atoms with E-state index in [1.807, 2.05) is 24.3 Å². The minimum absolute atomic E-state index is 0.00454. The second kappa shape index (κ2) is 6.91. The fourth-order valence-corrected chi connectivity index (χ4v) is 3.10. The Kier molecular flexibility index (Phi) is 5.83. The maximum absolute atomic E-state index is 12.1. The fraction of sp³-hybridized carbons (Fsp3) is 0.533. The van der Waals surface area contributed by atoms with Crippen LogP contribution in [0.2, 0.25) is 5.02 Å². The maximum atomic E-state index is 12.1. The fourth-order valence-electron chi connectivity index (χ4n) is 2.85. The molecule has 0 spiro atoms. The Morgan fingerprint density at radius 3 is 2.39 bits per heavy atom. The summed E-state index contributed by atoms with van der Waals surface area (Å²) in [7, 11) is 1.50. The van der Waals surface area contributed by atoms with Crippen molar-refractivity contribution in [3.63, 3.8) is 0 Å². The summed E-state index contributed by atoms with van der Waals surface area (Å²) in [4.78, 5) is 12.1. The van der Waals surface area contributed by atoms with Crippen molar-refractivity contribution in [1.29, 1.82) is 0 Å². The zero-order valence-electron chi connectivity index (χ0n) is 11.3. The summed E-state index contributed by atoms with van der Waals surface area (Å²) >= 11 is 6.17. The molecule has 3 heteroatoms. The van der Waals surface area contributed by atoms with Gasteiger partial charge in [-0.05, 0) is 36.9 Å². The second-order valence-corrected chi connectivity index (χ2v) is 5.39. The van der Waals surface area contributed by atoms with Crippen molar-refractivity contribution < 1.29 is 4.79 Å². The molecule has 1 aromatic carbocycles. The van der Waals surface area contributed by atoms with Gasteiger partial charge in [0.1, 0.15) is 5.78 Å². The molecule has 1 aliphatic rings. The summed E-state index contributed by atoms with van der Waals surface area (Å²) in [5.41, 5.74) is 5.51. The van der Waals surface area contributed by atoms with Crippen LogP contribution in [0.5, 0.6) is 0 Å². The molecule has 0 saturated heterocycles. The molecule has 18 heavy (non-hydrogen) atoms. The summed E-state index contributed by atoms with van der Waals surface area (Å²) in [5.74, 6) is 1.27. The lowest BCUT2D eigenvalue weighted by Crippen LogP contribution is -2.29. The molecule has 3 unspecified atom stereocenters. The highest BCUT2D eigenvalue weighted by Gasteiger charge is 2.34. The molecule has 1 fully saturated rings. The van der Waals surface area contributed by atoms with E-state index in [1.165, 1.54) is 7.05 Å². The Bertz CT molecular complexity index is 405. The number of carbonyl (C=O) groups excluding carboxylic acids is 1. The number of carbonyl (C=O) groups is 1. The lowest BCUT2D eigenvalue weighted by molar-refractivity contribution is -0.124. The normalized spacial score (nSPS) is 27.4. The Hall–Kier alpha value is -0.860. The number of benzene rings is 1. The first-order valence-electron chi connectivity index (χ1n) is 6.44. The third kappa shape index (κ3) is 3.33. The minimum Gasteiger partial charge on any atom is -0.333 e. The lowest BCUT2D eigenvalue weighted by Gasteiger charge is -2.32. The van der Waals surface area contributed by atoms with Gasteiger partial charge in [0.2, 0.25) is 0 Å². The molecule has 0 radical (unpaired) electrons. The van der Waals surface area contributed by atoms with Gasteiger partial charge in [0.15, 0.2) is 0 Å². The van der Waals surface area contributed by atoms with Crippen molar-refractivity contribution >= 4 is 17.4 Å². The van der Waals surface area contributed by atoms with Crippen LogP contribution >= 0.6 is 11.6 Å². The van der Waals surface area contributed by atoms with Gasteiger partial charge in [0.25, 0.3) is 0 Å². The second-order valence-electron chi connectivity index (χ2n) is 4.99. The number of hydrogen-bond donors (Lipinski definition) is 1. The summed E-state index contributed by atoms with van der Waals surface area (Å²) in [6.07, 6.45) is 1.81. The first-order valence-corrected chi connectivity index (χ1v) is 6.82. The Morgan fingerprint density at radius 1 is 1.22 bits per heavy atom. The number of hydrogen-bond acceptors (Lipinski definition) is 2. The van der Waals surface area contributed by atoms with Crippen molar-refractivity contribution in [2.45, 2.75) is 32.6 Å². The van der Waals surface area contributed by atoms with Gasteiger partial charge in [-0.25, -0.2) is 0 Å². The molecule has 0 amide bonds. The van der Waals surface area contributed by atoms with Gasteiger partial charge in [-0.1, -0.05) is 43.6 Å². The van der Waals surface area contributed by atoms with Crippen LogP contribution in [0.3, 0.4) is 0 Å². The third-order valence-corrected chi connectivity index (χ3v) is 3.82. The highest BCUT2D eigenvalue weighted by atomic mass is 35.5. The predicted molar refractivity (Wildman–Crippen MR) is 76.9 cm³/mol. The third-order valence-electron chi connectivity index (χ3n) is 3.48. The molecule has 0 bridgehead atoms. The predicted octanol–water partition coefficient (Wildman–Crippen LogP) is 3.63. The molecule has 100 valence electrons. The van der Waals surface area contributed by atoms with Crippen LogP contribution in [0, 0.1) is 11.8 Å². The molecule has 2 nitrogen and oxygen atoms in total. The highest BCUT2D eigenvalue weighted by molar-refractivity contribution is 6.31. The van der Waals surface area contributed by atoms with E-state index in [-0.39, 0.29) is 5.92 Å². The van der Waals surface area contributed by atoms with Crippen molar-refractivity contribution in [2.75, 3.05) is 7.05 Å². The van der Waals surface area contributed by atoms with Crippen LogP contribution in [0.15, 0.2) is 24.3 Å². The van der Waals surface area contributed by atoms with E-state index in [2.05, 4.69) is 19.6 Å². The smallest absolute Gasteiger partial charge is 0.140 e. The molecule has 2 N–H and O–H groups in total. The van der Waals surface area contributed by atoms with Crippen molar-refractivity contribution in [3.05, 3.63) is 34.9 Å². The van der Waals surface area contributed by atoms with E-state index in [0.717, 1.165) is 17.0 Å². The lowest BCUT2D eigenvalue weighted by atomic mass is 9.72. The van der Waals surface area contributed by atoms with Crippen LogP contribution in [-0.4, -0.2) is 12.8 Å². The van der Waals surface area contributed by atoms with Gasteiger partial charge in [-0.15, -0.1) is 0 Å². The standard InChI is InChI=1S/C14H17ClO.CH5N/c1-9-7-10(2)14(13(16)8-9)11-5-3-4-6-12(11)15;1-2/h3-6,9-10,14H,7-8H2,1-2H3;2H2,1H3. The number of halogens is 1. The molecule has 0 aromatic heterocycles. The largest absolute Gasteiger partial charge is 0.333 e. The van der Waals surface area contributed by atoms with E-state index < -0.39 is 0 Å². The average Bonchev–Trinajstić information content (AvgIpc) is 2.33. The van der Waals surface area contributed by atoms with E-state index in [4.69, 9.17) is 11.6 Å². The van der Waals surface area contributed by atoms with Crippen LogP contribution in [0.25, 0.3) is 0 Å². The van der Waals surface area contributed by atoms with Gasteiger partial charge in [-0.3, -0.25) is 4.79 Å². The summed E-state index contributed by atoms with van der Waals surface area (Å²) in [5, 5.41) is 0.724. The van der Waals surface area contributed by atoms with E-state index in [0.29, 0.717) is 24.0 Å². The van der Waals surface area contributed by atoms with Gasteiger partial charge in [-0.2, -0.15) is 0 Å². The molecular formula is C15H22ClNO. The van der Waals surface area contributed by atoms with Gasteiger partial charge in [0, 0.05) is 17.4 Å². The highest BCUT2D eigenvalue weighted by Crippen LogP contribution is 2.39. The summed E-state index contributed by atoms with van der Waals surface area (Å²) in [6, 6.07) is 7.72. The van der Waals surface area contributed by atoms with E-state index >= 15 is 0 Å². The first-order chi connectivity index (χ1) is 8.59. The number of rotatable bonds is 1. The molecule has 3 atom stereocenters. The number of nitrogens with two attached hydrogens (primary N) is 1. The molecule has 2 rings (SSSR count).